The third-order valence-corrected chi connectivity index (χ3v) is 8.43. The van der Waals surface area contributed by atoms with Crippen LogP contribution in [0.25, 0.3) is 0 Å². The molecule has 0 spiro atoms. The zero-order chi connectivity index (χ0) is 30.5. The normalized spacial score (nSPS) is 26.9. The highest BCUT2D eigenvalue weighted by Gasteiger charge is 2.61. The van der Waals surface area contributed by atoms with Crippen molar-refractivity contribution in [3.63, 3.8) is 0 Å². The molecule has 1 aliphatic carbocycles. The van der Waals surface area contributed by atoms with Crippen molar-refractivity contribution < 1.29 is 32.3 Å². The topological polar surface area (TPSA) is 176 Å². The van der Waals surface area contributed by atoms with Gasteiger partial charge in [0.05, 0.1) is 11.9 Å². The third kappa shape index (κ3) is 7.99. The SMILES string of the molecule is CC(C)(C)OC(=O)N[C@H]1CCCCCC=C[C@@H]2C[C@@]2(C(=O)NS(=O)(=O)Nc2cccnc2)NC(=O)[C@@H]2CCCN2C1=O. The molecule has 4 atom stereocenters. The molecule has 42 heavy (non-hydrogen) atoms. The van der Waals surface area contributed by atoms with E-state index in [1.807, 2.05) is 16.9 Å². The van der Waals surface area contributed by atoms with Gasteiger partial charge >= 0.3 is 16.3 Å². The number of rotatable bonds is 5. The summed E-state index contributed by atoms with van der Waals surface area (Å²) in [5.41, 5.74) is -2.06. The Morgan fingerprint density at radius 1 is 1.14 bits per heavy atom. The molecule has 4 rings (SSSR count). The van der Waals surface area contributed by atoms with E-state index >= 15 is 0 Å². The molecule has 230 valence electrons. The van der Waals surface area contributed by atoms with Gasteiger partial charge in [-0.15, -0.1) is 0 Å². The standard InChI is InChI=1S/C28H40N6O7S/c1-27(2,3)41-26(38)30-21-13-8-6-4-5-7-11-19-17-28(19,31-23(35)22-14-10-16-34(22)24(21)36)25(37)33-42(39,40)32-20-12-9-15-29-18-20/h7,9,11-12,15,18-19,21-22,32H,4-6,8,10,13-14,16-17H2,1-3H3,(H,30,38)(H,31,35)(H,33,37)/t19-,21+,22+,28-/m1/s1. The first-order valence-corrected chi connectivity index (χ1v) is 15.8. The Morgan fingerprint density at radius 2 is 1.93 bits per heavy atom. The number of nitrogens with zero attached hydrogens (tertiary/aromatic N) is 2. The Balaban J connectivity index is 1.53. The smallest absolute Gasteiger partial charge is 0.408 e. The molecule has 0 unspecified atom stereocenters. The van der Waals surface area contributed by atoms with Crippen molar-refractivity contribution in [2.24, 2.45) is 5.92 Å². The first-order chi connectivity index (χ1) is 19.8. The number of allylic oxidation sites excluding steroid dienone is 1. The van der Waals surface area contributed by atoms with Gasteiger partial charge in [-0.1, -0.05) is 25.0 Å². The van der Waals surface area contributed by atoms with Crippen LogP contribution in [0.5, 0.6) is 0 Å². The number of hydrogen-bond donors (Lipinski definition) is 4. The highest BCUT2D eigenvalue weighted by molar-refractivity contribution is 7.91. The van der Waals surface area contributed by atoms with E-state index in [1.54, 1.807) is 26.8 Å². The Morgan fingerprint density at radius 3 is 2.64 bits per heavy atom. The first kappa shape index (κ1) is 31.3. The zero-order valence-electron chi connectivity index (χ0n) is 24.2. The monoisotopic (exact) mass is 604 g/mol. The number of hydrogen-bond acceptors (Lipinski definition) is 8. The van der Waals surface area contributed by atoms with E-state index in [4.69, 9.17) is 4.74 Å². The second-order valence-corrected chi connectivity index (χ2v) is 13.4. The molecule has 3 aliphatic rings. The van der Waals surface area contributed by atoms with Gasteiger partial charge in [0.2, 0.25) is 11.8 Å². The molecule has 2 aliphatic heterocycles. The van der Waals surface area contributed by atoms with Gasteiger partial charge in [-0.05, 0) is 71.4 Å². The Bertz CT molecular complexity index is 1310. The third-order valence-electron chi connectivity index (χ3n) is 7.47. The van der Waals surface area contributed by atoms with Gasteiger partial charge in [-0.3, -0.25) is 24.1 Å². The summed E-state index contributed by atoms with van der Waals surface area (Å²) in [4.78, 5) is 58.5. The van der Waals surface area contributed by atoms with E-state index in [1.165, 1.54) is 23.4 Å². The van der Waals surface area contributed by atoms with Crippen molar-refractivity contribution in [2.45, 2.75) is 95.4 Å². The highest BCUT2D eigenvalue weighted by atomic mass is 32.2. The molecule has 1 aromatic rings. The van der Waals surface area contributed by atoms with E-state index in [-0.39, 0.29) is 18.0 Å². The number of anilines is 1. The predicted octanol–water partition coefficient (Wildman–Crippen LogP) is 2.13. The van der Waals surface area contributed by atoms with Gasteiger partial charge in [0.15, 0.2) is 0 Å². The van der Waals surface area contributed by atoms with E-state index in [0.717, 1.165) is 12.8 Å². The minimum absolute atomic E-state index is 0.170. The van der Waals surface area contributed by atoms with Crippen LogP contribution in [0.15, 0.2) is 36.7 Å². The second kappa shape index (κ2) is 12.7. The van der Waals surface area contributed by atoms with Gasteiger partial charge < -0.3 is 20.3 Å². The summed E-state index contributed by atoms with van der Waals surface area (Å²) in [6, 6.07) is 1.29. The van der Waals surface area contributed by atoms with E-state index in [0.29, 0.717) is 38.6 Å². The lowest BCUT2D eigenvalue weighted by molar-refractivity contribution is -0.141. The summed E-state index contributed by atoms with van der Waals surface area (Å²) >= 11 is 0. The summed E-state index contributed by atoms with van der Waals surface area (Å²) in [6.45, 7) is 5.51. The lowest BCUT2D eigenvalue weighted by Crippen LogP contribution is -2.58. The summed E-state index contributed by atoms with van der Waals surface area (Å²) in [5.74, 6) is -2.21. The Hall–Kier alpha value is -3.68. The molecule has 13 nitrogen and oxygen atoms in total. The molecular weight excluding hydrogens is 564 g/mol. The Kier molecular flexibility index (Phi) is 9.43. The molecule has 0 bridgehead atoms. The zero-order valence-corrected chi connectivity index (χ0v) is 25.0. The second-order valence-electron chi connectivity index (χ2n) is 12.0. The van der Waals surface area contributed by atoms with E-state index < -0.39 is 57.3 Å². The summed E-state index contributed by atoms with van der Waals surface area (Å²) in [7, 11) is -4.32. The van der Waals surface area contributed by atoms with Gasteiger partial charge in [-0.2, -0.15) is 8.42 Å². The van der Waals surface area contributed by atoms with Crippen molar-refractivity contribution in [1.82, 2.24) is 25.2 Å². The number of pyridine rings is 1. The average Bonchev–Trinajstić information content (AvgIpc) is 3.35. The van der Waals surface area contributed by atoms with Crippen LogP contribution in [0.1, 0.15) is 72.1 Å². The minimum Gasteiger partial charge on any atom is -0.444 e. The number of alkyl carbamates (subject to hydrolysis) is 1. The summed E-state index contributed by atoms with van der Waals surface area (Å²) in [6.07, 6.45) is 10.4. The van der Waals surface area contributed by atoms with Crippen LogP contribution in [0.3, 0.4) is 0 Å². The number of nitrogens with one attached hydrogen (secondary N) is 4. The largest absolute Gasteiger partial charge is 0.444 e. The maximum atomic E-state index is 13.7. The molecule has 3 heterocycles. The molecule has 4 N–H and O–H groups in total. The number of ether oxygens (including phenoxy) is 1. The van der Waals surface area contributed by atoms with Gasteiger partial charge in [0.1, 0.15) is 23.2 Å². The number of carbonyl (C=O) groups excluding carboxylic acids is 4. The van der Waals surface area contributed by atoms with Crippen LogP contribution in [0, 0.1) is 5.92 Å². The fourth-order valence-corrected chi connectivity index (χ4v) is 6.27. The molecule has 1 saturated heterocycles. The molecule has 0 aromatic carbocycles. The van der Waals surface area contributed by atoms with Crippen molar-refractivity contribution >= 4 is 39.7 Å². The fourth-order valence-electron chi connectivity index (χ4n) is 5.36. The van der Waals surface area contributed by atoms with Crippen molar-refractivity contribution in [3.8, 4) is 0 Å². The fraction of sp³-hybridized carbons (Fsp3) is 0.607. The molecule has 0 radical (unpaired) electrons. The number of amides is 4. The molecule has 1 saturated carbocycles. The lowest BCUT2D eigenvalue weighted by atomic mass is 10.0. The van der Waals surface area contributed by atoms with E-state index in [2.05, 4.69) is 20.3 Å². The Labute approximate surface area is 246 Å². The lowest BCUT2D eigenvalue weighted by Gasteiger charge is -2.30. The molecule has 2 fully saturated rings. The average molecular weight is 605 g/mol. The summed E-state index contributed by atoms with van der Waals surface area (Å²) < 4.78 is 35.1. The number of aromatic nitrogens is 1. The molecule has 14 heteroatoms. The van der Waals surface area contributed by atoms with Crippen LogP contribution in [0.4, 0.5) is 10.5 Å². The van der Waals surface area contributed by atoms with Gasteiger partial charge in [0, 0.05) is 18.7 Å². The van der Waals surface area contributed by atoms with Crippen molar-refractivity contribution in [3.05, 3.63) is 36.7 Å². The van der Waals surface area contributed by atoms with Crippen molar-refractivity contribution in [1.29, 1.82) is 0 Å². The van der Waals surface area contributed by atoms with Crippen LogP contribution in [-0.4, -0.2) is 71.9 Å². The van der Waals surface area contributed by atoms with E-state index in [9.17, 15) is 27.6 Å². The predicted molar refractivity (Wildman–Crippen MR) is 154 cm³/mol. The van der Waals surface area contributed by atoms with Crippen LogP contribution in [-0.2, 0) is 29.3 Å². The van der Waals surface area contributed by atoms with Crippen molar-refractivity contribution in [2.75, 3.05) is 11.3 Å². The molecule has 1 aromatic heterocycles. The quantitative estimate of drug-likeness (QED) is 0.370. The van der Waals surface area contributed by atoms with Gasteiger partial charge in [-0.25, -0.2) is 9.52 Å². The number of fused-ring (bicyclic) bond motifs is 2. The number of carbonyl (C=O) groups is 4. The maximum Gasteiger partial charge on any atom is 0.408 e. The minimum atomic E-state index is -4.32. The molecule has 4 amide bonds. The highest BCUT2D eigenvalue weighted by Crippen LogP contribution is 2.45. The van der Waals surface area contributed by atoms with Crippen LogP contribution < -0.4 is 20.1 Å². The summed E-state index contributed by atoms with van der Waals surface area (Å²) in [5, 5.41) is 5.48. The van der Waals surface area contributed by atoms with Crippen LogP contribution >= 0.6 is 0 Å². The maximum absolute atomic E-state index is 13.7. The van der Waals surface area contributed by atoms with Gasteiger partial charge in [0.25, 0.3) is 5.91 Å². The van der Waals surface area contributed by atoms with Crippen LogP contribution in [0.2, 0.25) is 0 Å². The first-order valence-electron chi connectivity index (χ1n) is 14.3. The molecular formula is C28H40N6O7S.